The second kappa shape index (κ2) is 7.53. The van der Waals surface area contributed by atoms with Gasteiger partial charge in [0.15, 0.2) is 0 Å². The highest BCUT2D eigenvalue weighted by Gasteiger charge is 2.21. The molecule has 1 saturated heterocycles. The van der Waals surface area contributed by atoms with Crippen LogP contribution in [0.4, 0.5) is 11.5 Å². The topological polar surface area (TPSA) is 54.6 Å². The summed E-state index contributed by atoms with van der Waals surface area (Å²) in [6.07, 6.45) is 1.75. The molecule has 1 unspecified atom stereocenters. The summed E-state index contributed by atoms with van der Waals surface area (Å²) in [5.74, 6) is 1.98. The van der Waals surface area contributed by atoms with E-state index in [2.05, 4.69) is 39.9 Å². The smallest absolute Gasteiger partial charge is 0.142 e. The van der Waals surface area contributed by atoms with Crippen LogP contribution in [0.1, 0.15) is 18.4 Å². The molecule has 0 radical (unpaired) electrons. The molecule has 0 bridgehead atoms. The lowest BCUT2D eigenvalue weighted by atomic mass is 10.0. The fourth-order valence-corrected chi connectivity index (χ4v) is 3.39. The van der Waals surface area contributed by atoms with E-state index in [1.165, 1.54) is 5.69 Å². The Labute approximate surface area is 144 Å². The van der Waals surface area contributed by atoms with Gasteiger partial charge in [-0.05, 0) is 29.7 Å². The van der Waals surface area contributed by atoms with Gasteiger partial charge in [-0.25, -0.2) is 4.98 Å². The molecule has 5 nitrogen and oxygen atoms in total. The van der Waals surface area contributed by atoms with Crippen molar-refractivity contribution in [2.45, 2.75) is 12.8 Å². The van der Waals surface area contributed by atoms with Crippen LogP contribution in [0.3, 0.4) is 0 Å². The van der Waals surface area contributed by atoms with Gasteiger partial charge in [0.1, 0.15) is 11.6 Å². The van der Waals surface area contributed by atoms with Crippen LogP contribution >= 0.6 is 0 Å². The lowest BCUT2D eigenvalue weighted by molar-refractivity contribution is 0.245. The van der Waals surface area contributed by atoms with Crippen molar-refractivity contribution in [3.05, 3.63) is 48.2 Å². The standard InChI is InChI=1S/C19H26N4O/c1-15(16-6-5-9-21-19(16)20)14-22-10-12-23(13-11-22)17-7-3-4-8-18(17)24-2/h3-9,15H,10-14H2,1-2H3,(H2,20,21). The van der Waals surface area contributed by atoms with Crippen LogP contribution in [0.15, 0.2) is 42.6 Å². The number of methoxy groups -OCH3 is 1. The average molecular weight is 326 g/mol. The molecule has 0 aliphatic carbocycles. The molecular weight excluding hydrogens is 300 g/mol. The van der Waals surface area contributed by atoms with Gasteiger partial charge in [0.2, 0.25) is 0 Å². The zero-order valence-electron chi connectivity index (χ0n) is 14.5. The van der Waals surface area contributed by atoms with Crippen LogP contribution in [-0.2, 0) is 0 Å². The zero-order chi connectivity index (χ0) is 16.9. The first-order valence-corrected chi connectivity index (χ1v) is 8.49. The number of hydrogen-bond donors (Lipinski definition) is 1. The van der Waals surface area contributed by atoms with Gasteiger partial charge in [0.25, 0.3) is 0 Å². The van der Waals surface area contributed by atoms with Crippen LogP contribution in [0, 0.1) is 0 Å². The number of benzene rings is 1. The fraction of sp³-hybridized carbons (Fsp3) is 0.421. The molecule has 3 rings (SSSR count). The number of pyridine rings is 1. The maximum atomic E-state index is 6.00. The number of aromatic nitrogens is 1. The van der Waals surface area contributed by atoms with Crippen LogP contribution in [0.25, 0.3) is 0 Å². The van der Waals surface area contributed by atoms with Crippen molar-refractivity contribution in [3.8, 4) is 5.75 Å². The number of ether oxygens (including phenoxy) is 1. The molecule has 1 fully saturated rings. The molecule has 128 valence electrons. The van der Waals surface area contributed by atoms with E-state index in [1.54, 1.807) is 13.3 Å². The van der Waals surface area contributed by atoms with E-state index in [0.29, 0.717) is 11.7 Å². The number of nitrogens with zero attached hydrogens (tertiary/aromatic N) is 3. The van der Waals surface area contributed by atoms with Gasteiger partial charge in [-0.1, -0.05) is 25.1 Å². The van der Waals surface area contributed by atoms with Gasteiger partial charge >= 0.3 is 0 Å². The van der Waals surface area contributed by atoms with Crippen molar-refractivity contribution in [1.82, 2.24) is 9.88 Å². The van der Waals surface area contributed by atoms with Crippen molar-refractivity contribution >= 4 is 11.5 Å². The van der Waals surface area contributed by atoms with Crippen LogP contribution in [-0.4, -0.2) is 49.7 Å². The fourth-order valence-electron chi connectivity index (χ4n) is 3.39. The Morgan fingerprint density at radius 2 is 1.88 bits per heavy atom. The first kappa shape index (κ1) is 16.6. The van der Waals surface area contributed by atoms with E-state index in [0.717, 1.165) is 44.0 Å². The molecule has 1 aliphatic rings. The third-order valence-corrected chi connectivity index (χ3v) is 4.73. The molecule has 2 N–H and O–H groups in total. The molecule has 24 heavy (non-hydrogen) atoms. The van der Waals surface area contributed by atoms with Crippen molar-refractivity contribution in [2.24, 2.45) is 0 Å². The van der Waals surface area contributed by atoms with E-state index in [4.69, 9.17) is 10.5 Å². The van der Waals surface area contributed by atoms with Crippen molar-refractivity contribution in [1.29, 1.82) is 0 Å². The van der Waals surface area contributed by atoms with Gasteiger partial charge < -0.3 is 15.4 Å². The van der Waals surface area contributed by atoms with Crippen molar-refractivity contribution in [2.75, 3.05) is 50.5 Å². The summed E-state index contributed by atoms with van der Waals surface area (Å²) in [5, 5.41) is 0. The quantitative estimate of drug-likeness (QED) is 0.915. The Bertz CT molecular complexity index is 668. The Morgan fingerprint density at radius 1 is 1.12 bits per heavy atom. The first-order valence-electron chi connectivity index (χ1n) is 8.49. The summed E-state index contributed by atoms with van der Waals surface area (Å²) in [6, 6.07) is 12.3. The minimum atomic E-state index is 0.386. The van der Waals surface area contributed by atoms with Crippen molar-refractivity contribution < 1.29 is 4.74 Å². The van der Waals surface area contributed by atoms with E-state index < -0.39 is 0 Å². The van der Waals surface area contributed by atoms with E-state index >= 15 is 0 Å². The number of piperazine rings is 1. The molecule has 1 aliphatic heterocycles. The van der Waals surface area contributed by atoms with Crippen LogP contribution in [0.5, 0.6) is 5.75 Å². The maximum Gasteiger partial charge on any atom is 0.142 e. The highest BCUT2D eigenvalue weighted by Crippen LogP contribution is 2.29. The third-order valence-electron chi connectivity index (χ3n) is 4.73. The molecule has 1 aromatic carbocycles. The number of hydrogen-bond acceptors (Lipinski definition) is 5. The molecule has 2 aromatic rings. The first-order chi connectivity index (χ1) is 11.7. The van der Waals surface area contributed by atoms with Gasteiger partial charge in [-0.3, -0.25) is 4.90 Å². The van der Waals surface area contributed by atoms with E-state index in [1.807, 2.05) is 18.2 Å². The monoisotopic (exact) mass is 326 g/mol. The molecule has 5 heteroatoms. The lowest BCUT2D eigenvalue weighted by Gasteiger charge is -2.37. The van der Waals surface area contributed by atoms with E-state index in [-0.39, 0.29) is 0 Å². The largest absolute Gasteiger partial charge is 0.495 e. The molecule has 0 amide bonds. The Kier molecular flexibility index (Phi) is 5.20. The van der Waals surface area contributed by atoms with Crippen LogP contribution < -0.4 is 15.4 Å². The van der Waals surface area contributed by atoms with Gasteiger partial charge in [-0.2, -0.15) is 0 Å². The number of nitrogen functional groups attached to an aromatic ring is 1. The lowest BCUT2D eigenvalue weighted by Crippen LogP contribution is -2.47. The summed E-state index contributed by atoms with van der Waals surface area (Å²) in [6.45, 7) is 7.34. The highest BCUT2D eigenvalue weighted by molar-refractivity contribution is 5.58. The molecular formula is C19H26N4O. The minimum absolute atomic E-state index is 0.386. The van der Waals surface area contributed by atoms with Gasteiger partial charge in [-0.15, -0.1) is 0 Å². The number of rotatable bonds is 5. The zero-order valence-corrected chi connectivity index (χ0v) is 14.5. The SMILES string of the molecule is COc1ccccc1N1CCN(CC(C)c2cccnc2N)CC1. The molecule has 0 saturated carbocycles. The van der Waals surface area contributed by atoms with Gasteiger partial charge in [0, 0.05) is 38.9 Å². The second-order valence-electron chi connectivity index (χ2n) is 6.34. The third kappa shape index (κ3) is 3.62. The summed E-state index contributed by atoms with van der Waals surface area (Å²) in [7, 11) is 1.73. The summed E-state index contributed by atoms with van der Waals surface area (Å²) in [5.41, 5.74) is 8.33. The molecule has 2 heterocycles. The number of nitrogens with two attached hydrogens (primary N) is 1. The second-order valence-corrected chi connectivity index (χ2v) is 6.34. The molecule has 1 aromatic heterocycles. The normalized spacial score (nSPS) is 16.8. The average Bonchev–Trinajstić information content (AvgIpc) is 2.62. The predicted molar refractivity (Wildman–Crippen MR) is 98.7 cm³/mol. The van der Waals surface area contributed by atoms with Crippen LogP contribution in [0.2, 0.25) is 0 Å². The number of anilines is 2. The summed E-state index contributed by atoms with van der Waals surface area (Å²) >= 11 is 0. The van der Waals surface area contributed by atoms with Gasteiger partial charge in [0.05, 0.1) is 12.8 Å². The Balaban J connectivity index is 1.58. The highest BCUT2D eigenvalue weighted by atomic mass is 16.5. The Morgan fingerprint density at radius 3 is 2.58 bits per heavy atom. The maximum absolute atomic E-state index is 6.00. The minimum Gasteiger partial charge on any atom is -0.495 e. The van der Waals surface area contributed by atoms with E-state index in [9.17, 15) is 0 Å². The molecule has 0 spiro atoms. The Hall–Kier alpha value is -2.27. The summed E-state index contributed by atoms with van der Waals surface area (Å²) in [4.78, 5) is 9.11. The van der Waals surface area contributed by atoms with Crippen molar-refractivity contribution in [3.63, 3.8) is 0 Å². The summed E-state index contributed by atoms with van der Waals surface area (Å²) < 4.78 is 5.48. The number of para-hydroxylation sites is 2. The molecule has 1 atom stereocenters. The predicted octanol–water partition coefficient (Wildman–Crippen LogP) is 2.60.